The highest BCUT2D eigenvalue weighted by Gasteiger charge is 2.10. The van der Waals surface area contributed by atoms with Gasteiger partial charge in [-0.1, -0.05) is 31.5 Å². The molecule has 1 fully saturated rings. The van der Waals surface area contributed by atoms with Gasteiger partial charge in [-0.2, -0.15) is 0 Å². The zero-order valence-corrected chi connectivity index (χ0v) is 16.7. The second-order valence-electron chi connectivity index (χ2n) is 7.16. The minimum atomic E-state index is -0.144. The van der Waals surface area contributed by atoms with Gasteiger partial charge in [0.25, 0.3) is 0 Å². The van der Waals surface area contributed by atoms with Crippen LogP contribution in [0.1, 0.15) is 44.6 Å². The topological polar surface area (TPSA) is 41.6 Å². The Hall–Kier alpha value is -2.75. The Balaban J connectivity index is 1.56. The number of carbonyl (C=O) groups is 1. The first-order chi connectivity index (χ1) is 13.8. The number of anilines is 2. The molecule has 0 spiro atoms. The van der Waals surface area contributed by atoms with Crippen molar-refractivity contribution < 1.29 is 9.53 Å². The van der Waals surface area contributed by atoms with Crippen molar-refractivity contribution in [1.29, 1.82) is 0 Å². The average molecular weight is 379 g/mol. The number of benzene rings is 2. The Morgan fingerprint density at radius 3 is 2.57 bits per heavy atom. The van der Waals surface area contributed by atoms with Gasteiger partial charge in [0.1, 0.15) is 5.75 Å². The molecule has 1 aliphatic heterocycles. The van der Waals surface area contributed by atoms with Gasteiger partial charge in [-0.25, -0.2) is 0 Å². The minimum Gasteiger partial charge on any atom is -0.493 e. The van der Waals surface area contributed by atoms with Crippen molar-refractivity contribution in [3.8, 4) is 5.75 Å². The Labute approximate surface area is 168 Å². The second kappa shape index (κ2) is 10.5. The standard InChI is InChI=1S/C24H30N2O2/c1-2-3-19-28-23-10-6-5-9-20(23)11-16-24(27)25-21-12-14-22(15-13-21)26-17-7-4-8-18-26/h5-6,9-16H,2-4,7-8,17-19H2,1H3,(H,25,27)/b16-11+. The van der Waals surface area contributed by atoms with Gasteiger partial charge >= 0.3 is 0 Å². The summed E-state index contributed by atoms with van der Waals surface area (Å²) in [6, 6.07) is 15.9. The maximum absolute atomic E-state index is 12.3. The van der Waals surface area contributed by atoms with E-state index in [1.54, 1.807) is 12.2 Å². The molecular weight excluding hydrogens is 348 g/mol. The van der Waals surface area contributed by atoms with Crippen molar-refractivity contribution in [2.45, 2.75) is 39.0 Å². The molecule has 0 bridgehead atoms. The summed E-state index contributed by atoms with van der Waals surface area (Å²) in [5, 5.41) is 2.93. The third kappa shape index (κ3) is 5.88. The van der Waals surface area contributed by atoms with E-state index in [0.717, 1.165) is 42.9 Å². The molecule has 4 nitrogen and oxygen atoms in total. The minimum absolute atomic E-state index is 0.144. The fourth-order valence-electron chi connectivity index (χ4n) is 3.33. The molecule has 0 atom stereocenters. The van der Waals surface area contributed by atoms with Crippen LogP contribution in [0.2, 0.25) is 0 Å². The number of hydrogen-bond donors (Lipinski definition) is 1. The van der Waals surface area contributed by atoms with Gasteiger partial charge in [-0.15, -0.1) is 0 Å². The fourth-order valence-corrected chi connectivity index (χ4v) is 3.33. The van der Waals surface area contributed by atoms with Gasteiger partial charge in [0, 0.05) is 36.1 Å². The molecule has 1 saturated heterocycles. The van der Waals surface area contributed by atoms with Gasteiger partial charge < -0.3 is 15.0 Å². The van der Waals surface area contributed by atoms with E-state index in [1.165, 1.54) is 24.9 Å². The zero-order valence-electron chi connectivity index (χ0n) is 16.7. The van der Waals surface area contributed by atoms with Crippen molar-refractivity contribution in [1.82, 2.24) is 0 Å². The number of amides is 1. The first-order valence-electron chi connectivity index (χ1n) is 10.3. The summed E-state index contributed by atoms with van der Waals surface area (Å²) in [4.78, 5) is 14.7. The molecule has 1 N–H and O–H groups in total. The number of piperidine rings is 1. The van der Waals surface area contributed by atoms with Crippen LogP contribution in [-0.2, 0) is 4.79 Å². The fraction of sp³-hybridized carbons (Fsp3) is 0.375. The van der Waals surface area contributed by atoms with E-state index in [1.807, 2.05) is 36.4 Å². The molecule has 1 heterocycles. The summed E-state index contributed by atoms with van der Waals surface area (Å²) in [5.74, 6) is 0.667. The van der Waals surface area contributed by atoms with Crippen LogP contribution in [0.4, 0.5) is 11.4 Å². The molecule has 0 saturated carbocycles. The lowest BCUT2D eigenvalue weighted by molar-refractivity contribution is -0.111. The lowest BCUT2D eigenvalue weighted by Crippen LogP contribution is -2.29. The maximum Gasteiger partial charge on any atom is 0.248 e. The maximum atomic E-state index is 12.3. The molecule has 3 rings (SSSR count). The summed E-state index contributed by atoms with van der Waals surface area (Å²) >= 11 is 0. The van der Waals surface area contributed by atoms with Gasteiger partial charge in [0.05, 0.1) is 6.61 Å². The van der Waals surface area contributed by atoms with E-state index >= 15 is 0 Å². The molecule has 1 amide bonds. The number of nitrogens with zero attached hydrogens (tertiary/aromatic N) is 1. The molecule has 0 aromatic heterocycles. The quantitative estimate of drug-likeness (QED) is 0.486. The number of nitrogens with one attached hydrogen (secondary N) is 1. The van der Waals surface area contributed by atoms with Crippen molar-refractivity contribution in [2.24, 2.45) is 0 Å². The van der Waals surface area contributed by atoms with E-state index in [2.05, 4.69) is 29.3 Å². The predicted molar refractivity (Wildman–Crippen MR) is 117 cm³/mol. The molecule has 4 heteroatoms. The first kappa shape index (κ1) is 20.0. The number of unbranched alkanes of at least 4 members (excludes halogenated alkanes) is 1. The number of rotatable bonds is 8. The summed E-state index contributed by atoms with van der Waals surface area (Å²) in [6.07, 6.45) is 9.31. The number of hydrogen-bond acceptors (Lipinski definition) is 3. The van der Waals surface area contributed by atoms with E-state index < -0.39 is 0 Å². The van der Waals surface area contributed by atoms with Crippen LogP contribution in [0.5, 0.6) is 5.75 Å². The zero-order chi connectivity index (χ0) is 19.6. The third-order valence-corrected chi connectivity index (χ3v) is 4.94. The molecule has 28 heavy (non-hydrogen) atoms. The van der Waals surface area contributed by atoms with Crippen LogP contribution in [-0.4, -0.2) is 25.6 Å². The lowest BCUT2D eigenvalue weighted by Gasteiger charge is -2.28. The Bertz CT molecular complexity index is 777. The molecule has 0 aliphatic carbocycles. The molecule has 2 aromatic carbocycles. The van der Waals surface area contributed by atoms with Crippen molar-refractivity contribution in [2.75, 3.05) is 29.9 Å². The smallest absolute Gasteiger partial charge is 0.248 e. The number of para-hydroxylation sites is 1. The highest BCUT2D eigenvalue weighted by Crippen LogP contribution is 2.22. The summed E-state index contributed by atoms with van der Waals surface area (Å²) < 4.78 is 5.81. The molecule has 148 valence electrons. The van der Waals surface area contributed by atoms with Gasteiger partial charge in [-0.05, 0) is 62.1 Å². The Kier molecular flexibility index (Phi) is 7.53. The highest BCUT2D eigenvalue weighted by molar-refractivity contribution is 6.02. The van der Waals surface area contributed by atoms with Crippen LogP contribution < -0.4 is 15.0 Å². The largest absolute Gasteiger partial charge is 0.493 e. The SMILES string of the molecule is CCCCOc1ccccc1/C=C/C(=O)Nc1ccc(N2CCCCC2)cc1. The first-order valence-corrected chi connectivity index (χ1v) is 10.3. The third-order valence-electron chi connectivity index (χ3n) is 4.94. The van der Waals surface area contributed by atoms with Crippen LogP contribution in [0.25, 0.3) is 6.08 Å². The Morgan fingerprint density at radius 2 is 1.82 bits per heavy atom. The lowest BCUT2D eigenvalue weighted by atomic mass is 10.1. The molecule has 1 aliphatic rings. The van der Waals surface area contributed by atoms with E-state index in [0.29, 0.717) is 6.61 Å². The number of carbonyl (C=O) groups excluding carboxylic acids is 1. The van der Waals surface area contributed by atoms with Crippen molar-refractivity contribution in [3.63, 3.8) is 0 Å². The van der Waals surface area contributed by atoms with Crippen LogP contribution in [0, 0.1) is 0 Å². The van der Waals surface area contributed by atoms with Crippen LogP contribution in [0.3, 0.4) is 0 Å². The highest BCUT2D eigenvalue weighted by atomic mass is 16.5. The van der Waals surface area contributed by atoms with Crippen LogP contribution >= 0.6 is 0 Å². The summed E-state index contributed by atoms with van der Waals surface area (Å²) in [6.45, 7) is 5.07. The summed E-state index contributed by atoms with van der Waals surface area (Å²) in [5.41, 5.74) is 2.95. The van der Waals surface area contributed by atoms with E-state index in [4.69, 9.17) is 4.74 Å². The molecule has 0 radical (unpaired) electrons. The second-order valence-corrected chi connectivity index (χ2v) is 7.16. The Morgan fingerprint density at radius 1 is 1.07 bits per heavy atom. The average Bonchev–Trinajstić information content (AvgIpc) is 2.74. The normalized spacial score (nSPS) is 14.2. The monoisotopic (exact) mass is 378 g/mol. The predicted octanol–water partition coefficient (Wildman–Crippen LogP) is 5.51. The molecule has 2 aromatic rings. The van der Waals surface area contributed by atoms with E-state index in [-0.39, 0.29) is 5.91 Å². The molecule has 0 unspecified atom stereocenters. The van der Waals surface area contributed by atoms with Gasteiger partial charge in [0.15, 0.2) is 0 Å². The van der Waals surface area contributed by atoms with Crippen molar-refractivity contribution in [3.05, 3.63) is 60.2 Å². The van der Waals surface area contributed by atoms with E-state index in [9.17, 15) is 4.79 Å². The van der Waals surface area contributed by atoms with Crippen molar-refractivity contribution >= 4 is 23.4 Å². The summed E-state index contributed by atoms with van der Waals surface area (Å²) in [7, 11) is 0. The number of ether oxygens (including phenoxy) is 1. The van der Waals surface area contributed by atoms with Gasteiger partial charge in [0.2, 0.25) is 5.91 Å². The molecular formula is C24H30N2O2. The van der Waals surface area contributed by atoms with Crippen LogP contribution in [0.15, 0.2) is 54.6 Å². The van der Waals surface area contributed by atoms with Gasteiger partial charge in [-0.3, -0.25) is 4.79 Å².